The maximum absolute atomic E-state index is 13.5. The number of fused-ring (bicyclic) bond motifs is 1. The third-order valence-electron chi connectivity index (χ3n) is 5.59. The van der Waals surface area contributed by atoms with E-state index < -0.39 is 23.5 Å². The van der Waals surface area contributed by atoms with E-state index in [0.717, 1.165) is 9.17 Å². The summed E-state index contributed by atoms with van der Waals surface area (Å²) in [5, 5.41) is 11.4. The lowest BCUT2D eigenvalue weighted by atomic mass is 9.95. The molecule has 2 heterocycles. The number of nitrogens with zero attached hydrogens (tertiary/aromatic N) is 2. The number of hydrogen-bond donors (Lipinski definition) is 1. The minimum Gasteiger partial charge on any atom is -0.507 e. The third-order valence-corrected chi connectivity index (χ3v) is 7.10. The number of benzene rings is 3. The number of aromatic nitrogens is 1. The lowest BCUT2D eigenvalue weighted by molar-refractivity contribution is -0.132. The molecule has 0 saturated carbocycles. The van der Waals surface area contributed by atoms with E-state index in [1.165, 1.54) is 40.5 Å². The first kappa shape index (κ1) is 23.2. The summed E-state index contributed by atoms with van der Waals surface area (Å²) in [6.07, 6.45) is 0. The van der Waals surface area contributed by atoms with Crippen LogP contribution in [0.2, 0.25) is 0 Å². The minimum absolute atomic E-state index is 0.0889. The van der Waals surface area contributed by atoms with Crippen molar-refractivity contribution in [2.75, 3.05) is 11.5 Å². The number of ketones is 1. The van der Waals surface area contributed by atoms with Crippen LogP contribution in [0, 0.1) is 5.82 Å². The van der Waals surface area contributed by atoms with Crippen molar-refractivity contribution in [2.45, 2.75) is 13.0 Å². The van der Waals surface area contributed by atoms with Gasteiger partial charge in [0.25, 0.3) is 5.78 Å². The van der Waals surface area contributed by atoms with Gasteiger partial charge in [0.05, 0.1) is 28.4 Å². The van der Waals surface area contributed by atoms with Gasteiger partial charge in [0.1, 0.15) is 17.3 Å². The van der Waals surface area contributed by atoms with Crippen molar-refractivity contribution >= 4 is 60.1 Å². The van der Waals surface area contributed by atoms with E-state index in [9.17, 15) is 19.1 Å². The van der Waals surface area contributed by atoms with Gasteiger partial charge in [-0.25, -0.2) is 9.37 Å². The Bertz CT molecular complexity index is 1500. The number of halogens is 2. The predicted octanol–water partition coefficient (Wildman–Crippen LogP) is 6.22. The molecule has 0 spiro atoms. The number of ether oxygens (including phenoxy) is 1. The molecule has 176 valence electrons. The van der Waals surface area contributed by atoms with Crippen LogP contribution >= 0.6 is 27.3 Å². The summed E-state index contributed by atoms with van der Waals surface area (Å²) in [6, 6.07) is 16.7. The molecule has 1 aliphatic heterocycles. The zero-order chi connectivity index (χ0) is 24.7. The van der Waals surface area contributed by atoms with E-state index in [1.54, 1.807) is 30.3 Å². The van der Waals surface area contributed by atoms with Crippen molar-refractivity contribution in [1.82, 2.24) is 4.98 Å². The van der Waals surface area contributed by atoms with Gasteiger partial charge in [-0.15, -0.1) is 0 Å². The standard InChI is InChI=1S/C26H18BrFN2O4S/c1-2-34-18-10-11-19-20(13-18)35-26(29-19)30-22(15-4-3-5-16(27)12-15)21(24(32)25(30)33)23(31)14-6-8-17(28)9-7-14/h3-13,22,31H,2H2,1H3. The van der Waals surface area contributed by atoms with Gasteiger partial charge < -0.3 is 9.84 Å². The molecule has 4 aromatic rings. The van der Waals surface area contributed by atoms with Crippen LogP contribution in [-0.2, 0) is 9.59 Å². The van der Waals surface area contributed by atoms with E-state index >= 15 is 0 Å². The molecule has 1 unspecified atom stereocenters. The summed E-state index contributed by atoms with van der Waals surface area (Å²) >= 11 is 4.69. The second-order valence-corrected chi connectivity index (χ2v) is 9.71. The maximum Gasteiger partial charge on any atom is 0.301 e. The Morgan fingerprint density at radius 2 is 1.91 bits per heavy atom. The van der Waals surface area contributed by atoms with E-state index in [-0.39, 0.29) is 16.9 Å². The summed E-state index contributed by atoms with van der Waals surface area (Å²) in [4.78, 5) is 32.5. The molecule has 0 aliphatic carbocycles. The lowest BCUT2D eigenvalue weighted by Gasteiger charge is -2.23. The Labute approximate surface area is 212 Å². The Morgan fingerprint density at radius 1 is 1.14 bits per heavy atom. The summed E-state index contributed by atoms with van der Waals surface area (Å²) in [7, 11) is 0. The number of aliphatic hydroxyl groups is 1. The fourth-order valence-corrected chi connectivity index (χ4v) is 5.48. The van der Waals surface area contributed by atoms with Crippen LogP contribution in [0.3, 0.4) is 0 Å². The van der Waals surface area contributed by atoms with Crippen LogP contribution in [0.4, 0.5) is 9.52 Å². The summed E-state index contributed by atoms with van der Waals surface area (Å²) in [5.41, 5.74) is 1.41. The molecule has 0 radical (unpaired) electrons. The van der Waals surface area contributed by atoms with Crippen LogP contribution in [0.5, 0.6) is 5.75 Å². The number of anilines is 1. The number of amides is 1. The Hall–Kier alpha value is -3.56. The van der Waals surface area contributed by atoms with E-state index in [4.69, 9.17) is 4.74 Å². The van der Waals surface area contributed by atoms with Gasteiger partial charge in [-0.3, -0.25) is 14.5 Å². The number of aliphatic hydroxyl groups excluding tert-OH is 1. The van der Waals surface area contributed by atoms with Gasteiger partial charge in [-0.05, 0) is 67.1 Å². The summed E-state index contributed by atoms with van der Waals surface area (Å²) < 4.78 is 20.6. The zero-order valence-corrected chi connectivity index (χ0v) is 20.8. The largest absolute Gasteiger partial charge is 0.507 e. The normalized spacial score (nSPS) is 17.3. The second kappa shape index (κ2) is 9.24. The molecule has 3 aromatic carbocycles. The van der Waals surface area contributed by atoms with Crippen molar-refractivity contribution in [2.24, 2.45) is 0 Å². The van der Waals surface area contributed by atoms with Crippen LogP contribution in [0.1, 0.15) is 24.1 Å². The van der Waals surface area contributed by atoms with Crippen molar-refractivity contribution in [1.29, 1.82) is 0 Å². The fraction of sp³-hybridized carbons (Fsp3) is 0.115. The van der Waals surface area contributed by atoms with E-state index in [0.29, 0.717) is 28.6 Å². The van der Waals surface area contributed by atoms with Gasteiger partial charge in [-0.2, -0.15) is 0 Å². The fourth-order valence-electron chi connectivity index (χ4n) is 4.04. The predicted molar refractivity (Wildman–Crippen MR) is 136 cm³/mol. The van der Waals surface area contributed by atoms with Crippen LogP contribution in [0.15, 0.2) is 76.8 Å². The summed E-state index contributed by atoms with van der Waals surface area (Å²) in [6.45, 7) is 2.40. The molecule has 5 rings (SSSR count). The molecule has 1 fully saturated rings. The first-order valence-corrected chi connectivity index (χ1v) is 12.3. The monoisotopic (exact) mass is 552 g/mol. The van der Waals surface area contributed by atoms with Gasteiger partial charge >= 0.3 is 5.91 Å². The lowest BCUT2D eigenvalue weighted by Crippen LogP contribution is -2.29. The SMILES string of the molecule is CCOc1ccc2nc(N3C(=O)C(=O)C(=C(O)c4ccc(F)cc4)C3c3cccc(Br)c3)sc2c1. The van der Waals surface area contributed by atoms with Crippen molar-refractivity contribution in [3.63, 3.8) is 0 Å². The highest BCUT2D eigenvalue weighted by Gasteiger charge is 2.48. The highest BCUT2D eigenvalue weighted by molar-refractivity contribution is 9.10. The molecule has 9 heteroatoms. The summed E-state index contributed by atoms with van der Waals surface area (Å²) in [5.74, 6) is -1.83. The molecular weight excluding hydrogens is 535 g/mol. The zero-order valence-electron chi connectivity index (χ0n) is 18.4. The first-order chi connectivity index (χ1) is 16.9. The third kappa shape index (κ3) is 4.21. The molecule has 1 amide bonds. The number of rotatable bonds is 5. The second-order valence-electron chi connectivity index (χ2n) is 7.79. The first-order valence-electron chi connectivity index (χ1n) is 10.7. The maximum atomic E-state index is 13.5. The molecule has 1 aromatic heterocycles. The number of hydrogen-bond acceptors (Lipinski definition) is 6. The van der Waals surface area contributed by atoms with Gasteiger partial charge in [0.2, 0.25) is 0 Å². The van der Waals surface area contributed by atoms with Crippen molar-refractivity contribution in [3.05, 3.63) is 93.7 Å². The van der Waals surface area contributed by atoms with Crippen LogP contribution in [-0.4, -0.2) is 28.4 Å². The van der Waals surface area contributed by atoms with Crippen molar-refractivity contribution < 1.29 is 23.8 Å². The molecule has 1 N–H and O–H groups in total. The molecule has 1 aliphatic rings. The average molecular weight is 553 g/mol. The highest BCUT2D eigenvalue weighted by Crippen LogP contribution is 2.45. The van der Waals surface area contributed by atoms with E-state index in [2.05, 4.69) is 20.9 Å². The van der Waals surface area contributed by atoms with Gasteiger partial charge in [-0.1, -0.05) is 39.4 Å². The number of carbonyl (C=O) groups is 2. The highest BCUT2D eigenvalue weighted by atomic mass is 79.9. The van der Waals surface area contributed by atoms with Crippen LogP contribution in [0.25, 0.3) is 16.0 Å². The number of carbonyl (C=O) groups excluding carboxylic acids is 2. The topological polar surface area (TPSA) is 79.7 Å². The van der Waals surface area contributed by atoms with E-state index in [1.807, 2.05) is 19.1 Å². The van der Waals surface area contributed by atoms with Gasteiger partial charge in [0.15, 0.2) is 5.13 Å². The molecule has 1 saturated heterocycles. The molecule has 35 heavy (non-hydrogen) atoms. The molecule has 6 nitrogen and oxygen atoms in total. The molecular formula is C26H18BrFN2O4S. The Balaban J connectivity index is 1.70. The van der Waals surface area contributed by atoms with Crippen LogP contribution < -0.4 is 9.64 Å². The Morgan fingerprint density at radius 3 is 2.63 bits per heavy atom. The smallest absolute Gasteiger partial charge is 0.301 e. The van der Waals surface area contributed by atoms with Crippen molar-refractivity contribution in [3.8, 4) is 5.75 Å². The number of thiazole rings is 1. The average Bonchev–Trinajstić information content (AvgIpc) is 3.37. The molecule has 1 atom stereocenters. The molecule has 0 bridgehead atoms. The Kier molecular flexibility index (Phi) is 6.12. The van der Waals surface area contributed by atoms with Gasteiger partial charge in [0, 0.05) is 10.0 Å². The number of Topliss-reactive ketones (excluding diaryl/α,β-unsaturated/α-hetero) is 1. The minimum atomic E-state index is -0.926. The quantitative estimate of drug-likeness (QED) is 0.180.